The minimum atomic E-state index is -0.469. The molecule has 0 saturated carbocycles. The van der Waals surface area contributed by atoms with Crippen LogP contribution < -0.4 is 5.32 Å². The number of likely N-dealkylation sites (N-methyl/N-ethyl adjacent to an activating group) is 1. The standard InChI is InChI=1S/C15H21ClN2O2/c1-4-13(15(20)17-3)18(14(19)5-2)10-11-8-6-7-9-12(11)16/h6-9,13H,4-5,10H2,1-3H3,(H,17,20)/t13-/m1/s1. The Labute approximate surface area is 125 Å². The van der Waals surface area contributed by atoms with E-state index in [2.05, 4.69) is 5.32 Å². The van der Waals surface area contributed by atoms with E-state index in [9.17, 15) is 9.59 Å². The number of halogens is 1. The van der Waals surface area contributed by atoms with Gasteiger partial charge in [0.05, 0.1) is 0 Å². The number of carbonyl (C=O) groups excluding carboxylic acids is 2. The molecule has 1 atom stereocenters. The fraction of sp³-hybridized carbons (Fsp3) is 0.467. The van der Waals surface area contributed by atoms with Gasteiger partial charge >= 0.3 is 0 Å². The van der Waals surface area contributed by atoms with Gasteiger partial charge in [-0.05, 0) is 18.1 Å². The summed E-state index contributed by atoms with van der Waals surface area (Å²) in [6.45, 7) is 4.03. The highest BCUT2D eigenvalue weighted by molar-refractivity contribution is 6.31. The Kier molecular flexibility index (Phi) is 6.52. The highest BCUT2D eigenvalue weighted by Crippen LogP contribution is 2.20. The van der Waals surface area contributed by atoms with Crippen LogP contribution in [-0.4, -0.2) is 29.8 Å². The van der Waals surface area contributed by atoms with Crippen LogP contribution >= 0.6 is 11.6 Å². The molecule has 0 aliphatic rings. The molecule has 1 rings (SSSR count). The van der Waals surface area contributed by atoms with E-state index in [1.165, 1.54) is 0 Å². The monoisotopic (exact) mass is 296 g/mol. The van der Waals surface area contributed by atoms with Crippen LogP contribution in [0.4, 0.5) is 0 Å². The fourth-order valence-electron chi connectivity index (χ4n) is 2.10. The Hall–Kier alpha value is -1.55. The number of hydrogen-bond acceptors (Lipinski definition) is 2. The maximum atomic E-state index is 12.2. The van der Waals surface area contributed by atoms with Crippen LogP contribution in [0.1, 0.15) is 32.3 Å². The first-order valence-corrected chi connectivity index (χ1v) is 7.17. The summed E-state index contributed by atoms with van der Waals surface area (Å²) in [4.78, 5) is 25.7. The Bertz CT molecular complexity index is 477. The molecule has 0 radical (unpaired) electrons. The number of nitrogens with one attached hydrogen (secondary N) is 1. The van der Waals surface area contributed by atoms with Crippen LogP contribution in [0, 0.1) is 0 Å². The third-order valence-electron chi connectivity index (χ3n) is 3.23. The molecule has 0 aliphatic carbocycles. The van der Waals surface area contributed by atoms with Crippen molar-refractivity contribution >= 4 is 23.4 Å². The van der Waals surface area contributed by atoms with E-state index >= 15 is 0 Å². The average Bonchev–Trinajstić information content (AvgIpc) is 2.47. The second-order valence-electron chi connectivity index (χ2n) is 4.50. The van der Waals surface area contributed by atoms with Crippen LogP contribution in [-0.2, 0) is 16.1 Å². The SMILES string of the molecule is CCC(=O)N(Cc1ccccc1Cl)[C@H](CC)C(=O)NC. The van der Waals surface area contributed by atoms with E-state index in [1.807, 2.05) is 25.1 Å². The van der Waals surface area contributed by atoms with Crippen LogP contribution in [0.5, 0.6) is 0 Å². The molecule has 1 aromatic carbocycles. The Morgan fingerprint density at radius 1 is 1.30 bits per heavy atom. The highest BCUT2D eigenvalue weighted by atomic mass is 35.5. The lowest BCUT2D eigenvalue weighted by Gasteiger charge is -2.30. The van der Waals surface area contributed by atoms with Crippen molar-refractivity contribution in [2.24, 2.45) is 0 Å². The molecule has 2 amide bonds. The van der Waals surface area contributed by atoms with E-state index in [0.29, 0.717) is 24.4 Å². The zero-order valence-electron chi connectivity index (χ0n) is 12.1. The van der Waals surface area contributed by atoms with E-state index < -0.39 is 6.04 Å². The van der Waals surface area contributed by atoms with Crippen molar-refractivity contribution in [1.29, 1.82) is 0 Å². The Morgan fingerprint density at radius 3 is 2.45 bits per heavy atom. The molecule has 1 aromatic rings. The van der Waals surface area contributed by atoms with Crippen LogP contribution in [0.3, 0.4) is 0 Å². The first kappa shape index (κ1) is 16.5. The number of hydrogen-bond donors (Lipinski definition) is 1. The summed E-state index contributed by atoms with van der Waals surface area (Å²) in [5.74, 6) is -0.207. The summed E-state index contributed by atoms with van der Waals surface area (Å²) in [6, 6.07) is 6.90. The number of carbonyl (C=O) groups is 2. The lowest BCUT2D eigenvalue weighted by molar-refractivity contribution is -0.141. The molecule has 0 heterocycles. The zero-order chi connectivity index (χ0) is 15.1. The predicted molar refractivity (Wildman–Crippen MR) is 80.4 cm³/mol. The summed E-state index contributed by atoms with van der Waals surface area (Å²) in [7, 11) is 1.58. The summed E-state index contributed by atoms with van der Waals surface area (Å²) < 4.78 is 0. The third-order valence-corrected chi connectivity index (χ3v) is 3.60. The van der Waals surface area contributed by atoms with Gasteiger partial charge in [0.15, 0.2) is 0 Å². The molecule has 0 aromatic heterocycles. The van der Waals surface area contributed by atoms with E-state index in [0.717, 1.165) is 5.56 Å². The normalized spacial score (nSPS) is 11.8. The molecule has 0 unspecified atom stereocenters. The number of benzene rings is 1. The van der Waals surface area contributed by atoms with E-state index in [-0.39, 0.29) is 11.8 Å². The van der Waals surface area contributed by atoms with Gasteiger partial charge in [-0.3, -0.25) is 9.59 Å². The maximum absolute atomic E-state index is 12.2. The maximum Gasteiger partial charge on any atom is 0.242 e. The van der Waals surface area contributed by atoms with Gasteiger partial charge in [-0.25, -0.2) is 0 Å². The fourth-order valence-corrected chi connectivity index (χ4v) is 2.29. The number of amides is 2. The number of rotatable bonds is 6. The van der Waals surface area contributed by atoms with Gasteiger partial charge in [-0.15, -0.1) is 0 Å². The summed E-state index contributed by atoms with van der Waals surface area (Å²) in [5.41, 5.74) is 0.846. The molecular weight excluding hydrogens is 276 g/mol. The second kappa shape index (κ2) is 7.90. The minimum absolute atomic E-state index is 0.0552. The molecule has 0 bridgehead atoms. The molecular formula is C15H21ClN2O2. The van der Waals surface area contributed by atoms with Crippen molar-refractivity contribution in [1.82, 2.24) is 10.2 Å². The van der Waals surface area contributed by atoms with Gasteiger partial charge in [0.25, 0.3) is 0 Å². The van der Waals surface area contributed by atoms with Gasteiger partial charge < -0.3 is 10.2 Å². The summed E-state index contributed by atoms with van der Waals surface area (Å²) in [6.07, 6.45) is 0.924. The summed E-state index contributed by atoms with van der Waals surface area (Å²) >= 11 is 6.14. The van der Waals surface area contributed by atoms with Crippen LogP contribution in [0.15, 0.2) is 24.3 Å². The molecule has 1 N–H and O–H groups in total. The van der Waals surface area contributed by atoms with Crippen molar-refractivity contribution in [3.05, 3.63) is 34.9 Å². The van der Waals surface area contributed by atoms with Crippen molar-refractivity contribution < 1.29 is 9.59 Å². The molecule has 0 saturated heterocycles. The molecule has 4 nitrogen and oxygen atoms in total. The molecule has 5 heteroatoms. The smallest absolute Gasteiger partial charge is 0.242 e. The minimum Gasteiger partial charge on any atom is -0.357 e. The molecule has 0 aliphatic heterocycles. The Morgan fingerprint density at radius 2 is 1.95 bits per heavy atom. The third kappa shape index (κ3) is 3.97. The molecule has 0 fully saturated rings. The highest BCUT2D eigenvalue weighted by Gasteiger charge is 2.27. The van der Waals surface area contributed by atoms with Crippen LogP contribution in [0.25, 0.3) is 0 Å². The lowest BCUT2D eigenvalue weighted by Crippen LogP contribution is -2.48. The molecule has 110 valence electrons. The second-order valence-corrected chi connectivity index (χ2v) is 4.91. The van der Waals surface area contributed by atoms with Crippen molar-refractivity contribution in [2.45, 2.75) is 39.3 Å². The van der Waals surface area contributed by atoms with Gasteiger partial charge in [0.2, 0.25) is 11.8 Å². The van der Waals surface area contributed by atoms with Gasteiger partial charge in [-0.1, -0.05) is 43.6 Å². The van der Waals surface area contributed by atoms with E-state index in [1.54, 1.807) is 24.9 Å². The quantitative estimate of drug-likeness (QED) is 0.877. The number of nitrogens with zero attached hydrogens (tertiary/aromatic N) is 1. The van der Waals surface area contributed by atoms with Crippen LogP contribution in [0.2, 0.25) is 5.02 Å². The first-order chi connectivity index (χ1) is 9.54. The van der Waals surface area contributed by atoms with Gasteiger partial charge in [0, 0.05) is 25.0 Å². The predicted octanol–water partition coefficient (Wildman–Crippen LogP) is 2.60. The van der Waals surface area contributed by atoms with E-state index in [4.69, 9.17) is 11.6 Å². The van der Waals surface area contributed by atoms with Crippen molar-refractivity contribution in [3.8, 4) is 0 Å². The Balaban J connectivity index is 3.03. The molecule has 0 spiro atoms. The van der Waals surface area contributed by atoms with Gasteiger partial charge in [0.1, 0.15) is 6.04 Å². The van der Waals surface area contributed by atoms with Crippen molar-refractivity contribution in [3.63, 3.8) is 0 Å². The molecule has 20 heavy (non-hydrogen) atoms. The zero-order valence-corrected chi connectivity index (χ0v) is 12.9. The topological polar surface area (TPSA) is 49.4 Å². The van der Waals surface area contributed by atoms with Crippen molar-refractivity contribution in [2.75, 3.05) is 7.05 Å². The lowest BCUT2D eigenvalue weighted by atomic mass is 10.1. The van der Waals surface area contributed by atoms with Gasteiger partial charge in [-0.2, -0.15) is 0 Å². The largest absolute Gasteiger partial charge is 0.357 e. The first-order valence-electron chi connectivity index (χ1n) is 6.79. The summed E-state index contributed by atoms with van der Waals surface area (Å²) in [5, 5.41) is 3.21. The average molecular weight is 297 g/mol.